The Bertz CT molecular complexity index is 586. The van der Waals surface area contributed by atoms with Crippen molar-refractivity contribution in [3.63, 3.8) is 0 Å². The van der Waals surface area contributed by atoms with Gasteiger partial charge in [-0.25, -0.2) is 13.1 Å². The molecular weight excluding hydrogens is 310 g/mol. The summed E-state index contributed by atoms with van der Waals surface area (Å²) in [5.74, 6) is 0. The summed E-state index contributed by atoms with van der Waals surface area (Å²) in [6.45, 7) is 4.66. The largest absolute Gasteiger partial charge is 0.398 e. The Kier molecular flexibility index (Phi) is 5.48. The number of piperidine rings is 1. The van der Waals surface area contributed by atoms with Gasteiger partial charge in [-0.3, -0.25) is 0 Å². The van der Waals surface area contributed by atoms with Crippen molar-refractivity contribution < 1.29 is 8.42 Å². The zero-order valence-corrected chi connectivity index (χ0v) is 13.8. The molecule has 0 saturated carbocycles. The van der Waals surface area contributed by atoms with Crippen LogP contribution in [0.2, 0.25) is 5.02 Å². The number of nitrogens with two attached hydrogens (primary N) is 1. The minimum Gasteiger partial charge on any atom is -0.398 e. The first-order valence-electron chi connectivity index (χ1n) is 7.18. The number of benzene rings is 1. The zero-order chi connectivity index (χ0) is 15.5. The molecule has 0 radical (unpaired) electrons. The van der Waals surface area contributed by atoms with Crippen LogP contribution in [-0.4, -0.2) is 39.0 Å². The van der Waals surface area contributed by atoms with Crippen LogP contribution >= 0.6 is 11.6 Å². The lowest BCUT2D eigenvalue weighted by atomic mass is 10.1. The van der Waals surface area contributed by atoms with E-state index in [2.05, 4.69) is 9.62 Å². The van der Waals surface area contributed by atoms with E-state index in [1.807, 2.05) is 6.92 Å². The summed E-state index contributed by atoms with van der Waals surface area (Å²) in [5.41, 5.74) is 5.92. The summed E-state index contributed by atoms with van der Waals surface area (Å²) in [4.78, 5) is 2.37. The van der Waals surface area contributed by atoms with Crippen molar-refractivity contribution in [1.82, 2.24) is 9.62 Å². The predicted octanol–water partition coefficient (Wildman–Crippen LogP) is 2.07. The van der Waals surface area contributed by atoms with E-state index in [4.69, 9.17) is 17.3 Å². The van der Waals surface area contributed by atoms with Gasteiger partial charge in [-0.2, -0.15) is 0 Å². The van der Waals surface area contributed by atoms with Crippen LogP contribution in [0.3, 0.4) is 0 Å². The summed E-state index contributed by atoms with van der Waals surface area (Å²) in [7, 11) is -3.62. The van der Waals surface area contributed by atoms with Crippen LogP contribution in [0.4, 0.5) is 5.69 Å². The van der Waals surface area contributed by atoms with Crippen molar-refractivity contribution in [3.8, 4) is 0 Å². The van der Waals surface area contributed by atoms with E-state index in [0.29, 0.717) is 11.6 Å². The molecular formula is C14H22ClN3O2S. The molecule has 0 bridgehead atoms. The molecule has 118 valence electrons. The third kappa shape index (κ3) is 4.57. The molecule has 0 amide bonds. The van der Waals surface area contributed by atoms with Crippen molar-refractivity contribution >= 4 is 27.3 Å². The molecule has 2 rings (SSSR count). The standard InChI is InChI=1S/C14H22ClN3O2S/c1-11(10-18-7-3-2-4-8-18)17-21(19,20)14-6-5-12(15)9-13(14)16/h5-6,9,11,17H,2-4,7-8,10,16H2,1H3. The van der Waals surface area contributed by atoms with Crippen LogP contribution in [-0.2, 0) is 10.0 Å². The lowest BCUT2D eigenvalue weighted by Gasteiger charge is -2.29. The molecule has 1 unspecified atom stereocenters. The minimum absolute atomic E-state index is 0.0809. The van der Waals surface area contributed by atoms with E-state index in [-0.39, 0.29) is 16.6 Å². The van der Waals surface area contributed by atoms with Gasteiger partial charge in [-0.1, -0.05) is 18.0 Å². The van der Waals surface area contributed by atoms with Gasteiger partial charge < -0.3 is 10.6 Å². The van der Waals surface area contributed by atoms with Gasteiger partial charge in [0.15, 0.2) is 0 Å². The number of nitrogens with zero attached hydrogens (tertiary/aromatic N) is 1. The third-order valence-electron chi connectivity index (χ3n) is 3.60. The highest BCUT2D eigenvalue weighted by molar-refractivity contribution is 7.89. The summed E-state index contributed by atoms with van der Waals surface area (Å²) >= 11 is 5.80. The van der Waals surface area contributed by atoms with Gasteiger partial charge in [-0.15, -0.1) is 0 Å². The summed E-state index contributed by atoms with van der Waals surface area (Å²) in [6, 6.07) is 4.25. The van der Waals surface area contributed by atoms with Crippen molar-refractivity contribution in [1.29, 1.82) is 0 Å². The number of halogens is 1. The molecule has 0 aliphatic carbocycles. The van der Waals surface area contributed by atoms with Crippen LogP contribution in [0.15, 0.2) is 23.1 Å². The molecule has 1 aromatic rings. The normalized spacial score (nSPS) is 18.6. The Labute approximate surface area is 131 Å². The summed E-state index contributed by atoms with van der Waals surface area (Å²) in [6.07, 6.45) is 3.63. The fraction of sp³-hybridized carbons (Fsp3) is 0.571. The van der Waals surface area contributed by atoms with E-state index >= 15 is 0 Å². The van der Waals surface area contributed by atoms with Crippen molar-refractivity contribution in [2.24, 2.45) is 0 Å². The maximum Gasteiger partial charge on any atom is 0.242 e. The van der Waals surface area contributed by atoms with Crippen LogP contribution in [0.1, 0.15) is 26.2 Å². The van der Waals surface area contributed by atoms with Crippen molar-refractivity contribution in [2.45, 2.75) is 37.1 Å². The van der Waals surface area contributed by atoms with Crippen LogP contribution in [0.25, 0.3) is 0 Å². The van der Waals surface area contributed by atoms with Gasteiger partial charge in [0.2, 0.25) is 10.0 Å². The van der Waals surface area contributed by atoms with Gasteiger partial charge in [0.25, 0.3) is 0 Å². The fourth-order valence-electron chi connectivity index (χ4n) is 2.66. The van der Waals surface area contributed by atoms with Gasteiger partial charge >= 0.3 is 0 Å². The number of nitrogens with one attached hydrogen (secondary N) is 1. The Morgan fingerprint density at radius 2 is 2.00 bits per heavy atom. The molecule has 7 heteroatoms. The third-order valence-corrected chi connectivity index (χ3v) is 5.50. The Hall–Kier alpha value is -0.820. The van der Waals surface area contributed by atoms with Crippen molar-refractivity contribution in [3.05, 3.63) is 23.2 Å². The van der Waals surface area contributed by atoms with Gasteiger partial charge in [0.05, 0.1) is 5.69 Å². The number of sulfonamides is 1. The Morgan fingerprint density at radius 3 is 2.62 bits per heavy atom. The van der Waals surface area contributed by atoms with E-state index in [1.54, 1.807) is 0 Å². The molecule has 1 saturated heterocycles. The number of anilines is 1. The summed E-state index contributed by atoms with van der Waals surface area (Å²) < 4.78 is 27.4. The van der Waals surface area contributed by atoms with Gasteiger partial charge in [-0.05, 0) is 51.1 Å². The van der Waals surface area contributed by atoms with Crippen molar-refractivity contribution in [2.75, 3.05) is 25.4 Å². The van der Waals surface area contributed by atoms with E-state index in [1.165, 1.54) is 37.5 Å². The first-order valence-corrected chi connectivity index (χ1v) is 9.04. The number of nitrogen functional groups attached to an aromatic ring is 1. The average molecular weight is 332 g/mol. The average Bonchev–Trinajstić information content (AvgIpc) is 2.38. The van der Waals surface area contributed by atoms with Crippen LogP contribution in [0, 0.1) is 0 Å². The molecule has 1 atom stereocenters. The first kappa shape index (κ1) is 16.5. The minimum atomic E-state index is -3.62. The second-order valence-electron chi connectivity index (χ2n) is 5.57. The lowest BCUT2D eigenvalue weighted by molar-refractivity contribution is 0.215. The maximum absolute atomic E-state index is 12.4. The number of hydrogen-bond acceptors (Lipinski definition) is 4. The smallest absolute Gasteiger partial charge is 0.242 e. The van der Waals surface area contributed by atoms with Gasteiger partial charge in [0.1, 0.15) is 4.90 Å². The van der Waals surface area contributed by atoms with Gasteiger partial charge in [0, 0.05) is 17.6 Å². The Morgan fingerprint density at radius 1 is 1.33 bits per heavy atom. The highest BCUT2D eigenvalue weighted by atomic mass is 35.5. The molecule has 21 heavy (non-hydrogen) atoms. The monoisotopic (exact) mass is 331 g/mol. The highest BCUT2D eigenvalue weighted by Crippen LogP contribution is 2.22. The molecule has 0 aromatic heterocycles. The molecule has 1 fully saturated rings. The number of likely N-dealkylation sites (tertiary alicyclic amines) is 1. The van der Waals surface area contributed by atoms with Crippen LogP contribution in [0.5, 0.6) is 0 Å². The molecule has 1 heterocycles. The van der Waals surface area contributed by atoms with E-state index < -0.39 is 10.0 Å². The number of hydrogen-bond donors (Lipinski definition) is 2. The molecule has 1 aliphatic rings. The topological polar surface area (TPSA) is 75.4 Å². The fourth-order valence-corrected chi connectivity index (χ4v) is 4.19. The molecule has 5 nitrogen and oxygen atoms in total. The SMILES string of the molecule is CC(CN1CCCCC1)NS(=O)(=O)c1ccc(Cl)cc1N. The maximum atomic E-state index is 12.4. The zero-order valence-electron chi connectivity index (χ0n) is 12.2. The Balaban J connectivity index is 2.02. The molecule has 1 aromatic carbocycles. The quantitative estimate of drug-likeness (QED) is 0.810. The van der Waals surface area contributed by atoms with E-state index in [9.17, 15) is 8.42 Å². The first-order chi connectivity index (χ1) is 9.88. The predicted molar refractivity (Wildman–Crippen MR) is 85.9 cm³/mol. The second kappa shape index (κ2) is 6.96. The molecule has 1 aliphatic heterocycles. The molecule has 3 N–H and O–H groups in total. The second-order valence-corrected chi connectivity index (χ2v) is 7.68. The number of rotatable bonds is 5. The molecule has 0 spiro atoms. The highest BCUT2D eigenvalue weighted by Gasteiger charge is 2.22. The summed E-state index contributed by atoms with van der Waals surface area (Å²) in [5, 5.41) is 0.424. The van der Waals surface area contributed by atoms with E-state index in [0.717, 1.165) is 13.1 Å². The lowest BCUT2D eigenvalue weighted by Crippen LogP contribution is -2.43. The van der Waals surface area contributed by atoms with Crippen LogP contribution < -0.4 is 10.5 Å².